The van der Waals surface area contributed by atoms with E-state index in [-0.39, 0.29) is 23.9 Å². The van der Waals surface area contributed by atoms with Crippen LogP contribution >= 0.6 is 0 Å². The first-order valence-corrected chi connectivity index (χ1v) is 9.37. The summed E-state index contributed by atoms with van der Waals surface area (Å²) in [6.45, 7) is 12.4. The van der Waals surface area contributed by atoms with E-state index in [1.54, 1.807) is 6.92 Å². The van der Waals surface area contributed by atoms with Crippen molar-refractivity contribution in [2.75, 3.05) is 52.5 Å². The Morgan fingerprint density at radius 1 is 1.04 bits per heavy atom. The zero-order valence-electron chi connectivity index (χ0n) is 16.3. The topological polar surface area (TPSA) is 88.9 Å². The van der Waals surface area contributed by atoms with Crippen LogP contribution in [0.4, 0.5) is 4.79 Å². The highest BCUT2D eigenvalue weighted by atomic mass is 16.5. The minimum absolute atomic E-state index is 0.0200. The third kappa shape index (κ3) is 4.65. The van der Waals surface area contributed by atoms with Crippen molar-refractivity contribution in [3.8, 4) is 6.07 Å². The molecule has 0 aliphatic carbocycles. The van der Waals surface area contributed by atoms with Gasteiger partial charge >= 0.3 is 6.03 Å². The average molecular weight is 365 g/mol. The van der Waals surface area contributed by atoms with E-state index < -0.39 is 5.54 Å². The molecule has 0 radical (unpaired) electrons. The summed E-state index contributed by atoms with van der Waals surface area (Å²) in [6.07, 6.45) is 0. The van der Waals surface area contributed by atoms with Crippen molar-refractivity contribution < 1.29 is 14.3 Å². The van der Waals surface area contributed by atoms with Crippen molar-refractivity contribution >= 4 is 11.9 Å². The number of amides is 3. The minimum atomic E-state index is -0.876. The van der Waals surface area contributed by atoms with Gasteiger partial charge in [0.1, 0.15) is 5.54 Å². The van der Waals surface area contributed by atoms with Crippen LogP contribution < -0.4 is 5.32 Å². The summed E-state index contributed by atoms with van der Waals surface area (Å²) in [7, 11) is 0. The van der Waals surface area contributed by atoms with Crippen LogP contribution in [0.3, 0.4) is 0 Å². The van der Waals surface area contributed by atoms with Crippen molar-refractivity contribution in [1.29, 1.82) is 5.26 Å². The molecule has 0 aromatic rings. The second-order valence-electron chi connectivity index (χ2n) is 7.54. The number of piperazine rings is 1. The molecule has 0 unspecified atom stereocenters. The van der Waals surface area contributed by atoms with Gasteiger partial charge in [-0.1, -0.05) is 13.8 Å². The zero-order valence-corrected chi connectivity index (χ0v) is 16.3. The molecule has 0 spiro atoms. The van der Waals surface area contributed by atoms with Crippen LogP contribution in [0.25, 0.3) is 0 Å². The molecule has 2 aliphatic rings. The van der Waals surface area contributed by atoms with Gasteiger partial charge in [0.25, 0.3) is 0 Å². The second kappa shape index (κ2) is 8.69. The fraction of sp³-hybridized carbons (Fsp3) is 0.833. The summed E-state index contributed by atoms with van der Waals surface area (Å²) >= 11 is 0. The number of urea groups is 1. The van der Waals surface area contributed by atoms with Gasteiger partial charge in [0.05, 0.1) is 25.3 Å². The lowest BCUT2D eigenvalue weighted by molar-refractivity contribution is -0.128. The predicted molar refractivity (Wildman–Crippen MR) is 97.4 cm³/mol. The maximum Gasteiger partial charge on any atom is 0.320 e. The van der Waals surface area contributed by atoms with Gasteiger partial charge < -0.3 is 19.9 Å². The number of morpholine rings is 1. The highest BCUT2D eigenvalue weighted by Crippen LogP contribution is 2.17. The number of carbonyl (C=O) groups excluding carboxylic acids is 2. The van der Waals surface area contributed by atoms with Crippen LogP contribution in [0.2, 0.25) is 0 Å². The lowest BCUT2D eigenvalue weighted by Gasteiger charge is -2.40. The number of hydrogen-bond acceptors (Lipinski definition) is 5. The Labute approximate surface area is 156 Å². The summed E-state index contributed by atoms with van der Waals surface area (Å²) in [4.78, 5) is 30.8. The minimum Gasteiger partial charge on any atom is -0.378 e. The molecule has 2 saturated heterocycles. The molecule has 26 heavy (non-hydrogen) atoms. The summed E-state index contributed by atoms with van der Waals surface area (Å²) < 4.78 is 5.29. The van der Waals surface area contributed by atoms with Gasteiger partial charge in [-0.15, -0.1) is 0 Å². The molecule has 8 nitrogen and oxygen atoms in total. The van der Waals surface area contributed by atoms with Gasteiger partial charge in [-0.2, -0.15) is 5.26 Å². The van der Waals surface area contributed by atoms with E-state index in [0.29, 0.717) is 52.5 Å². The van der Waals surface area contributed by atoms with Crippen molar-refractivity contribution in [3.63, 3.8) is 0 Å². The number of nitrogens with one attached hydrogen (secondary N) is 1. The number of ether oxygens (including phenoxy) is 1. The van der Waals surface area contributed by atoms with E-state index in [1.807, 2.05) is 30.6 Å². The monoisotopic (exact) mass is 365 g/mol. The Morgan fingerprint density at radius 3 is 2.08 bits per heavy atom. The van der Waals surface area contributed by atoms with Crippen molar-refractivity contribution in [3.05, 3.63) is 0 Å². The zero-order chi connectivity index (χ0) is 19.3. The van der Waals surface area contributed by atoms with Gasteiger partial charge in [-0.05, 0) is 19.8 Å². The highest BCUT2D eigenvalue weighted by molar-refractivity contribution is 5.82. The molecule has 0 aromatic heterocycles. The maximum atomic E-state index is 12.6. The molecule has 0 saturated carbocycles. The van der Waals surface area contributed by atoms with Crippen molar-refractivity contribution in [1.82, 2.24) is 20.0 Å². The molecule has 1 N–H and O–H groups in total. The molecule has 2 aliphatic heterocycles. The fourth-order valence-electron chi connectivity index (χ4n) is 3.08. The molecule has 0 bridgehead atoms. The molecule has 146 valence electrons. The highest BCUT2D eigenvalue weighted by Gasteiger charge is 2.35. The van der Waals surface area contributed by atoms with E-state index >= 15 is 0 Å². The van der Waals surface area contributed by atoms with E-state index in [1.165, 1.54) is 0 Å². The first kappa shape index (κ1) is 20.5. The molecule has 2 heterocycles. The number of hydrogen-bond donors (Lipinski definition) is 1. The fourth-order valence-corrected chi connectivity index (χ4v) is 3.08. The van der Waals surface area contributed by atoms with Crippen LogP contribution in [-0.2, 0) is 9.53 Å². The average Bonchev–Trinajstić information content (AvgIpc) is 2.67. The predicted octanol–water partition coefficient (Wildman–Crippen LogP) is 0.499. The van der Waals surface area contributed by atoms with Crippen LogP contribution in [0.15, 0.2) is 0 Å². The molecule has 2 atom stereocenters. The van der Waals surface area contributed by atoms with E-state index in [9.17, 15) is 14.9 Å². The number of carbonyl (C=O) groups is 2. The van der Waals surface area contributed by atoms with Crippen LogP contribution in [0, 0.1) is 17.2 Å². The molecule has 8 heteroatoms. The van der Waals surface area contributed by atoms with Crippen molar-refractivity contribution in [2.45, 2.75) is 39.3 Å². The van der Waals surface area contributed by atoms with Crippen LogP contribution in [0.1, 0.15) is 27.7 Å². The van der Waals surface area contributed by atoms with Crippen molar-refractivity contribution in [2.24, 2.45) is 5.92 Å². The summed E-state index contributed by atoms with van der Waals surface area (Å²) in [5, 5.41) is 12.3. The first-order valence-electron chi connectivity index (χ1n) is 9.37. The lowest BCUT2D eigenvalue weighted by Crippen LogP contribution is -2.60. The Morgan fingerprint density at radius 2 is 1.58 bits per heavy atom. The largest absolute Gasteiger partial charge is 0.378 e. The first-order chi connectivity index (χ1) is 12.3. The molecule has 0 aromatic carbocycles. The third-order valence-corrected chi connectivity index (χ3v) is 5.56. The van der Waals surface area contributed by atoms with Gasteiger partial charge in [0.15, 0.2) is 0 Å². The van der Waals surface area contributed by atoms with Gasteiger partial charge in [-0.25, -0.2) is 4.79 Å². The van der Waals surface area contributed by atoms with Gasteiger partial charge in [0, 0.05) is 39.3 Å². The Balaban J connectivity index is 1.85. The third-order valence-electron chi connectivity index (χ3n) is 5.56. The summed E-state index contributed by atoms with van der Waals surface area (Å²) in [5.74, 6) is -0.123. The number of nitriles is 1. The van der Waals surface area contributed by atoms with Crippen LogP contribution in [-0.4, -0.2) is 90.7 Å². The number of rotatable bonds is 4. The van der Waals surface area contributed by atoms with E-state index in [4.69, 9.17) is 4.74 Å². The summed E-state index contributed by atoms with van der Waals surface area (Å²) in [5.41, 5.74) is -0.876. The van der Waals surface area contributed by atoms with E-state index in [2.05, 4.69) is 16.3 Å². The Kier molecular flexibility index (Phi) is 6.84. The molecular formula is C18H31N5O3. The van der Waals surface area contributed by atoms with Gasteiger partial charge in [0.2, 0.25) is 5.91 Å². The van der Waals surface area contributed by atoms with E-state index in [0.717, 1.165) is 0 Å². The second-order valence-corrected chi connectivity index (χ2v) is 7.54. The quantitative estimate of drug-likeness (QED) is 0.784. The lowest BCUT2D eigenvalue weighted by atomic mass is 9.89. The standard InChI is InChI=1S/C18H31N5O3/c1-14(2)18(4,13-19)20-16(24)15(3)21-5-7-22(8-6-21)17(25)23-9-11-26-12-10-23/h14-15H,5-12H2,1-4H3,(H,20,24)/t15-,18-/m0/s1. The Hall–Kier alpha value is -1.85. The molecular weight excluding hydrogens is 334 g/mol. The molecule has 2 fully saturated rings. The molecule has 3 amide bonds. The maximum absolute atomic E-state index is 12.6. The Bertz CT molecular complexity index is 548. The SMILES string of the molecule is CC(C)[C@](C)(C#N)NC(=O)[C@H](C)N1CCN(C(=O)N2CCOCC2)CC1. The number of nitrogens with zero attached hydrogens (tertiary/aromatic N) is 4. The van der Waals surface area contributed by atoms with Crippen LogP contribution in [0.5, 0.6) is 0 Å². The summed E-state index contributed by atoms with van der Waals surface area (Å²) in [6, 6.07) is 1.93. The van der Waals surface area contributed by atoms with Gasteiger partial charge in [-0.3, -0.25) is 9.69 Å². The smallest absolute Gasteiger partial charge is 0.320 e. The molecule has 2 rings (SSSR count). The normalized spacial score (nSPS) is 22.5.